The molecule has 5 heteroatoms. The van der Waals surface area contributed by atoms with E-state index in [1.165, 1.54) is 12.1 Å². The third-order valence-corrected chi connectivity index (χ3v) is 4.56. The van der Waals surface area contributed by atoms with E-state index >= 15 is 0 Å². The number of amides is 1. The summed E-state index contributed by atoms with van der Waals surface area (Å²) < 4.78 is 12.8. The van der Waals surface area contributed by atoms with Crippen LogP contribution >= 0.6 is 11.8 Å². The van der Waals surface area contributed by atoms with Crippen molar-refractivity contribution in [3.05, 3.63) is 30.1 Å². The lowest BCUT2D eigenvalue weighted by molar-refractivity contribution is -0.121. The van der Waals surface area contributed by atoms with Gasteiger partial charge in [0.15, 0.2) is 0 Å². The molecule has 1 fully saturated rings. The Morgan fingerprint density at radius 3 is 2.90 bits per heavy atom. The van der Waals surface area contributed by atoms with Crippen molar-refractivity contribution in [1.82, 2.24) is 10.6 Å². The largest absolute Gasteiger partial charge is 0.353 e. The molecule has 0 bridgehead atoms. The van der Waals surface area contributed by atoms with Gasteiger partial charge in [-0.3, -0.25) is 4.79 Å². The number of thioether (sulfide) groups is 1. The molecule has 1 heterocycles. The molecule has 2 N–H and O–H groups in total. The highest BCUT2D eigenvalue weighted by atomic mass is 32.2. The molecule has 0 saturated carbocycles. The van der Waals surface area contributed by atoms with Gasteiger partial charge in [0, 0.05) is 23.1 Å². The van der Waals surface area contributed by atoms with Gasteiger partial charge >= 0.3 is 0 Å². The van der Waals surface area contributed by atoms with Crippen LogP contribution in [0.4, 0.5) is 4.39 Å². The SMILES string of the molecule is CC1CNCCC1NC(=O)CCSc1ccc(F)cc1. The highest BCUT2D eigenvalue weighted by Crippen LogP contribution is 2.19. The van der Waals surface area contributed by atoms with E-state index in [1.54, 1.807) is 23.9 Å². The third-order valence-electron chi connectivity index (χ3n) is 3.54. The number of piperidine rings is 1. The highest BCUT2D eigenvalue weighted by molar-refractivity contribution is 7.99. The Morgan fingerprint density at radius 2 is 2.20 bits per heavy atom. The van der Waals surface area contributed by atoms with Crippen molar-refractivity contribution in [3.8, 4) is 0 Å². The lowest BCUT2D eigenvalue weighted by Crippen LogP contribution is -2.48. The van der Waals surface area contributed by atoms with Gasteiger partial charge in [-0.05, 0) is 49.7 Å². The summed E-state index contributed by atoms with van der Waals surface area (Å²) in [7, 11) is 0. The summed E-state index contributed by atoms with van der Waals surface area (Å²) in [6.45, 7) is 4.10. The summed E-state index contributed by atoms with van der Waals surface area (Å²) in [6.07, 6.45) is 1.50. The smallest absolute Gasteiger partial charge is 0.221 e. The Kier molecular flexibility index (Phi) is 5.86. The van der Waals surface area contributed by atoms with E-state index in [-0.39, 0.29) is 11.7 Å². The second kappa shape index (κ2) is 7.64. The minimum absolute atomic E-state index is 0.110. The first-order chi connectivity index (χ1) is 9.65. The molecule has 3 nitrogen and oxygen atoms in total. The Balaban J connectivity index is 1.68. The molecule has 1 aromatic carbocycles. The second-order valence-corrected chi connectivity index (χ2v) is 6.36. The van der Waals surface area contributed by atoms with Crippen LogP contribution in [0.15, 0.2) is 29.2 Å². The van der Waals surface area contributed by atoms with Crippen LogP contribution in [0.3, 0.4) is 0 Å². The molecule has 0 aliphatic carbocycles. The van der Waals surface area contributed by atoms with Gasteiger partial charge in [0.05, 0.1) is 0 Å². The molecule has 2 atom stereocenters. The Morgan fingerprint density at radius 1 is 1.45 bits per heavy atom. The monoisotopic (exact) mass is 296 g/mol. The quantitative estimate of drug-likeness (QED) is 0.820. The van der Waals surface area contributed by atoms with Gasteiger partial charge in [0.1, 0.15) is 5.82 Å². The molecular weight excluding hydrogens is 275 g/mol. The van der Waals surface area contributed by atoms with E-state index in [1.807, 2.05) is 0 Å². The van der Waals surface area contributed by atoms with Crippen molar-refractivity contribution in [2.75, 3.05) is 18.8 Å². The summed E-state index contributed by atoms with van der Waals surface area (Å²) >= 11 is 1.58. The second-order valence-electron chi connectivity index (χ2n) is 5.20. The van der Waals surface area contributed by atoms with Crippen LogP contribution in [0.5, 0.6) is 0 Å². The molecule has 0 spiro atoms. The number of carbonyl (C=O) groups excluding carboxylic acids is 1. The van der Waals surface area contributed by atoms with Gasteiger partial charge in [-0.15, -0.1) is 11.8 Å². The Labute approximate surface area is 123 Å². The van der Waals surface area contributed by atoms with Gasteiger partial charge < -0.3 is 10.6 Å². The summed E-state index contributed by atoms with van der Waals surface area (Å²) in [4.78, 5) is 12.9. The van der Waals surface area contributed by atoms with E-state index in [9.17, 15) is 9.18 Å². The van der Waals surface area contributed by atoms with Crippen LogP contribution < -0.4 is 10.6 Å². The zero-order chi connectivity index (χ0) is 14.4. The van der Waals surface area contributed by atoms with Crippen LogP contribution in [0.2, 0.25) is 0 Å². The number of carbonyl (C=O) groups is 1. The van der Waals surface area contributed by atoms with E-state index in [4.69, 9.17) is 0 Å². The zero-order valence-electron chi connectivity index (χ0n) is 11.7. The molecule has 0 radical (unpaired) electrons. The Bertz CT molecular complexity index is 438. The van der Waals surface area contributed by atoms with E-state index < -0.39 is 0 Å². The summed E-state index contributed by atoms with van der Waals surface area (Å²) in [5.74, 6) is 1.08. The van der Waals surface area contributed by atoms with Crippen molar-refractivity contribution in [3.63, 3.8) is 0 Å². The molecule has 1 aliphatic rings. The predicted octanol–water partition coefficient (Wildman–Crippen LogP) is 2.42. The Hall–Kier alpha value is -1.07. The van der Waals surface area contributed by atoms with Crippen molar-refractivity contribution < 1.29 is 9.18 Å². The fraction of sp³-hybridized carbons (Fsp3) is 0.533. The molecular formula is C15H21FN2OS. The van der Waals surface area contributed by atoms with Crippen LogP contribution in [0, 0.1) is 11.7 Å². The highest BCUT2D eigenvalue weighted by Gasteiger charge is 2.22. The molecule has 20 heavy (non-hydrogen) atoms. The van der Waals surface area contributed by atoms with Crippen molar-refractivity contribution in [2.45, 2.75) is 30.7 Å². The zero-order valence-corrected chi connectivity index (χ0v) is 12.5. The topological polar surface area (TPSA) is 41.1 Å². The number of rotatable bonds is 5. The predicted molar refractivity (Wildman–Crippen MR) is 80.3 cm³/mol. The van der Waals surface area contributed by atoms with Crippen LogP contribution in [0.1, 0.15) is 19.8 Å². The van der Waals surface area contributed by atoms with Crippen molar-refractivity contribution in [1.29, 1.82) is 0 Å². The third kappa shape index (κ3) is 4.80. The minimum atomic E-state index is -0.230. The van der Waals surface area contributed by atoms with Crippen LogP contribution in [-0.2, 0) is 4.79 Å². The maximum atomic E-state index is 12.8. The molecule has 2 rings (SSSR count). The lowest BCUT2D eigenvalue weighted by Gasteiger charge is -2.30. The first kappa shape index (κ1) is 15.3. The van der Waals surface area contributed by atoms with Gasteiger partial charge in [0.2, 0.25) is 5.91 Å². The van der Waals surface area contributed by atoms with Crippen molar-refractivity contribution in [2.24, 2.45) is 5.92 Å². The normalized spacial score (nSPS) is 22.5. The molecule has 0 aromatic heterocycles. The maximum Gasteiger partial charge on any atom is 0.221 e. The number of nitrogens with one attached hydrogen (secondary N) is 2. The van der Waals surface area contributed by atoms with Gasteiger partial charge in [-0.25, -0.2) is 4.39 Å². The standard InChI is InChI=1S/C15H21FN2OS/c1-11-10-17-8-6-14(11)18-15(19)7-9-20-13-4-2-12(16)3-5-13/h2-5,11,14,17H,6-10H2,1H3,(H,18,19). The van der Waals surface area contributed by atoms with E-state index in [0.29, 0.717) is 18.4 Å². The van der Waals surface area contributed by atoms with Gasteiger partial charge in [0.25, 0.3) is 0 Å². The minimum Gasteiger partial charge on any atom is -0.353 e. The fourth-order valence-corrected chi connectivity index (χ4v) is 3.15. The molecule has 2 unspecified atom stereocenters. The average Bonchev–Trinajstić information content (AvgIpc) is 2.44. The fourth-order valence-electron chi connectivity index (χ4n) is 2.30. The average molecular weight is 296 g/mol. The summed E-state index contributed by atoms with van der Waals surface area (Å²) in [6, 6.07) is 6.66. The number of halogens is 1. The van der Waals surface area contributed by atoms with Crippen LogP contribution in [-0.4, -0.2) is 30.8 Å². The molecule has 1 aliphatic heterocycles. The number of benzene rings is 1. The van der Waals surface area contributed by atoms with Gasteiger partial charge in [-0.1, -0.05) is 6.92 Å². The molecule has 1 amide bonds. The summed E-state index contributed by atoms with van der Waals surface area (Å²) in [5.41, 5.74) is 0. The first-order valence-electron chi connectivity index (χ1n) is 7.03. The molecule has 1 aromatic rings. The number of hydrogen-bond donors (Lipinski definition) is 2. The van der Waals surface area contributed by atoms with Crippen molar-refractivity contribution >= 4 is 17.7 Å². The maximum absolute atomic E-state index is 12.8. The van der Waals surface area contributed by atoms with Gasteiger partial charge in [-0.2, -0.15) is 0 Å². The molecule has 1 saturated heterocycles. The lowest BCUT2D eigenvalue weighted by atomic mass is 9.95. The first-order valence-corrected chi connectivity index (χ1v) is 8.02. The van der Waals surface area contributed by atoms with E-state index in [0.717, 1.165) is 30.2 Å². The molecule has 110 valence electrons. The number of hydrogen-bond acceptors (Lipinski definition) is 3. The van der Waals surface area contributed by atoms with E-state index in [2.05, 4.69) is 17.6 Å². The van der Waals surface area contributed by atoms with Crippen LogP contribution in [0.25, 0.3) is 0 Å². The summed E-state index contributed by atoms with van der Waals surface area (Å²) in [5, 5.41) is 6.43.